The van der Waals surface area contributed by atoms with Gasteiger partial charge in [-0.3, -0.25) is 24.1 Å². The van der Waals surface area contributed by atoms with Crippen molar-refractivity contribution in [2.45, 2.75) is 52.2 Å². The van der Waals surface area contributed by atoms with E-state index in [0.717, 1.165) is 4.90 Å². The van der Waals surface area contributed by atoms with E-state index in [1.165, 1.54) is 0 Å². The molecule has 1 unspecified atom stereocenters. The van der Waals surface area contributed by atoms with Gasteiger partial charge in [0, 0.05) is 39.1 Å². The second kappa shape index (κ2) is 10.2. The third-order valence-corrected chi connectivity index (χ3v) is 5.74. The summed E-state index contributed by atoms with van der Waals surface area (Å²) in [5.74, 6) is -1.38. The lowest BCUT2D eigenvalue weighted by atomic mass is 10.1. The second-order valence-corrected chi connectivity index (χ2v) is 9.44. The molecular weight excluding hydrogens is 440 g/mol. The van der Waals surface area contributed by atoms with Crippen molar-refractivity contribution < 1.29 is 28.7 Å². The zero-order valence-corrected chi connectivity index (χ0v) is 20.1. The molecule has 184 valence electrons. The summed E-state index contributed by atoms with van der Waals surface area (Å²) in [4.78, 5) is 67.1. The number of ether oxygens (including phenoxy) is 1. The molecule has 1 atom stereocenters. The summed E-state index contributed by atoms with van der Waals surface area (Å²) in [6.45, 7) is 8.54. The molecule has 3 rings (SSSR count). The molecule has 1 aromatic rings. The van der Waals surface area contributed by atoms with Crippen LogP contribution in [-0.2, 0) is 14.3 Å². The molecule has 0 aromatic heterocycles. The van der Waals surface area contributed by atoms with E-state index in [9.17, 15) is 24.0 Å². The number of alkyl carbamates (subject to hydrolysis) is 1. The Bertz CT molecular complexity index is 951. The molecule has 2 heterocycles. The predicted molar refractivity (Wildman–Crippen MR) is 123 cm³/mol. The first-order chi connectivity index (χ1) is 16.0. The molecule has 0 saturated carbocycles. The van der Waals surface area contributed by atoms with Crippen molar-refractivity contribution in [3.63, 3.8) is 0 Å². The highest BCUT2D eigenvalue weighted by atomic mass is 16.6. The number of rotatable bonds is 5. The number of hydrogen-bond donors (Lipinski definition) is 1. The van der Waals surface area contributed by atoms with Gasteiger partial charge >= 0.3 is 6.09 Å². The maximum Gasteiger partial charge on any atom is 0.407 e. The predicted octanol–water partition coefficient (Wildman–Crippen LogP) is 1.65. The van der Waals surface area contributed by atoms with Crippen LogP contribution < -0.4 is 5.32 Å². The van der Waals surface area contributed by atoms with Crippen LogP contribution in [0.5, 0.6) is 0 Å². The molecule has 0 aliphatic carbocycles. The molecule has 1 fully saturated rings. The fraction of sp³-hybridized carbons (Fsp3) is 0.542. The smallest absolute Gasteiger partial charge is 0.407 e. The first-order valence-electron chi connectivity index (χ1n) is 11.5. The summed E-state index contributed by atoms with van der Waals surface area (Å²) in [7, 11) is 0. The average Bonchev–Trinajstić information content (AvgIpc) is 2.92. The minimum atomic E-state index is -0.937. The van der Waals surface area contributed by atoms with Crippen LogP contribution in [0.4, 0.5) is 4.79 Å². The lowest BCUT2D eigenvalue weighted by Gasteiger charge is -2.28. The number of amides is 5. The Balaban J connectivity index is 1.51. The Kier molecular flexibility index (Phi) is 7.58. The Morgan fingerprint density at radius 3 is 2.12 bits per heavy atom. The summed E-state index contributed by atoms with van der Waals surface area (Å²) in [5, 5.41) is 2.57. The van der Waals surface area contributed by atoms with E-state index in [1.807, 2.05) is 0 Å². The van der Waals surface area contributed by atoms with Gasteiger partial charge < -0.3 is 19.9 Å². The Hall–Kier alpha value is -3.43. The minimum Gasteiger partial charge on any atom is -0.444 e. The highest BCUT2D eigenvalue weighted by Gasteiger charge is 2.41. The standard InChI is InChI=1S/C24H32N4O6/c1-16(28-21(31)17-8-5-6-9-18(17)22(28)32)20(30)27-13-7-12-26(14-15-27)19(29)10-11-25-23(33)34-24(2,3)4/h5-6,8-9,16H,7,10-15H2,1-4H3,(H,25,33). The third-order valence-electron chi connectivity index (χ3n) is 5.74. The van der Waals surface area contributed by atoms with Gasteiger partial charge in [-0.05, 0) is 46.2 Å². The summed E-state index contributed by atoms with van der Waals surface area (Å²) < 4.78 is 5.15. The third kappa shape index (κ3) is 5.73. The Morgan fingerprint density at radius 2 is 1.53 bits per heavy atom. The summed E-state index contributed by atoms with van der Waals surface area (Å²) >= 11 is 0. The van der Waals surface area contributed by atoms with Gasteiger partial charge in [-0.2, -0.15) is 0 Å². The molecular formula is C24H32N4O6. The van der Waals surface area contributed by atoms with Crippen LogP contribution in [0.3, 0.4) is 0 Å². The average molecular weight is 473 g/mol. The van der Waals surface area contributed by atoms with E-state index in [-0.39, 0.29) is 24.8 Å². The monoisotopic (exact) mass is 472 g/mol. The molecule has 10 nitrogen and oxygen atoms in total. The van der Waals surface area contributed by atoms with Crippen LogP contribution in [0, 0.1) is 0 Å². The van der Waals surface area contributed by atoms with Crippen LogP contribution in [0.1, 0.15) is 61.3 Å². The number of fused-ring (bicyclic) bond motifs is 1. The zero-order valence-electron chi connectivity index (χ0n) is 20.1. The zero-order chi connectivity index (χ0) is 25.0. The van der Waals surface area contributed by atoms with Crippen LogP contribution in [0.2, 0.25) is 0 Å². The minimum absolute atomic E-state index is 0.124. The fourth-order valence-electron chi connectivity index (χ4n) is 4.07. The van der Waals surface area contributed by atoms with E-state index in [2.05, 4.69) is 5.32 Å². The number of hydrogen-bond acceptors (Lipinski definition) is 6. The van der Waals surface area contributed by atoms with Gasteiger partial charge in [0.05, 0.1) is 11.1 Å². The normalized spacial score (nSPS) is 17.2. The van der Waals surface area contributed by atoms with Gasteiger partial charge in [0.15, 0.2) is 0 Å². The molecule has 0 bridgehead atoms. The molecule has 0 radical (unpaired) electrons. The molecule has 2 aliphatic heterocycles. The van der Waals surface area contributed by atoms with Crippen molar-refractivity contribution >= 4 is 29.7 Å². The highest BCUT2D eigenvalue weighted by molar-refractivity contribution is 6.22. The number of imide groups is 1. The lowest BCUT2D eigenvalue weighted by molar-refractivity contribution is -0.135. The van der Waals surface area contributed by atoms with E-state index >= 15 is 0 Å². The van der Waals surface area contributed by atoms with Crippen molar-refractivity contribution in [3.05, 3.63) is 35.4 Å². The number of nitrogens with one attached hydrogen (secondary N) is 1. The summed E-state index contributed by atoms with van der Waals surface area (Å²) in [6.07, 6.45) is 0.125. The summed E-state index contributed by atoms with van der Waals surface area (Å²) in [5.41, 5.74) is -0.00131. The second-order valence-electron chi connectivity index (χ2n) is 9.44. The molecule has 5 amide bonds. The first-order valence-corrected chi connectivity index (χ1v) is 11.5. The van der Waals surface area contributed by atoms with E-state index in [1.54, 1.807) is 61.8 Å². The quantitative estimate of drug-likeness (QED) is 0.652. The van der Waals surface area contributed by atoms with Gasteiger partial charge in [0.1, 0.15) is 11.6 Å². The van der Waals surface area contributed by atoms with Gasteiger partial charge in [-0.25, -0.2) is 4.79 Å². The van der Waals surface area contributed by atoms with Crippen LogP contribution >= 0.6 is 0 Å². The topological polar surface area (TPSA) is 116 Å². The molecule has 1 aromatic carbocycles. The van der Waals surface area contributed by atoms with Gasteiger partial charge in [-0.1, -0.05) is 12.1 Å². The molecule has 1 saturated heterocycles. The number of carbonyl (C=O) groups excluding carboxylic acids is 5. The maximum absolute atomic E-state index is 13.1. The number of benzene rings is 1. The molecule has 1 N–H and O–H groups in total. The van der Waals surface area contributed by atoms with Gasteiger partial charge in [0.2, 0.25) is 11.8 Å². The number of carbonyl (C=O) groups is 5. The first kappa shape index (κ1) is 25.2. The SMILES string of the molecule is CC(C(=O)N1CCCN(C(=O)CCNC(=O)OC(C)(C)C)CC1)N1C(=O)c2ccccc2C1=O. The maximum atomic E-state index is 13.1. The van der Waals surface area contributed by atoms with Crippen molar-refractivity contribution in [3.8, 4) is 0 Å². The largest absolute Gasteiger partial charge is 0.444 e. The van der Waals surface area contributed by atoms with Crippen molar-refractivity contribution in [2.24, 2.45) is 0 Å². The van der Waals surface area contributed by atoms with E-state index in [0.29, 0.717) is 43.7 Å². The highest BCUT2D eigenvalue weighted by Crippen LogP contribution is 2.25. The lowest BCUT2D eigenvalue weighted by Crippen LogP contribution is -2.50. The van der Waals surface area contributed by atoms with E-state index in [4.69, 9.17) is 4.74 Å². The van der Waals surface area contributed by atoms with Crippen LogP contribution in [0.15, 0.2) is 24.3 Å². The molecule has 10 heteroatoms. The van der Waals surface area contributed by atoms with Crippen molar-refractivity contribution in [1.29, 1.82) is 0 Å². The molecule has 34 heavy (non-hydrogen) atoms. The van der Waals surface area contributed by atoms with Gasteiger partial charge in [-0.15, -0.1) is 0 Å². The van der Waals surface area contributed by atoms with E-state index < -0.39 is 29.6 Å². The molecule has 0 spiro atoms. The van der Waals surface area contributed by atoms with Crippen molar-refractivity contribution in [1.82, 2.24) is 20.0 Å². The van der Waals surface area contributed by atoms with Gasteiger partial charge in [0.25, 0.3) is 11.8 Å². The Labute approximate surface area is 199 Å². The van der Waals surface area contributed by atoms with Crippen molar-refractivity contribution in [2.75, 3.05) is 32.7 Å². The van der Waals surface area contributed by atoms with Crippen LogP contribution in [-0.4, -0.2) is 88.8 Å². The summed E-state index contributed by atoms with van der Waals surface area (Å²) in [6, 6.07) is 5.60. The Morgan fingerprint density at radius 1 is 0.971 bits per heavy atom. The molecule has 2 aliphatic rings. The number of nitrogens with zero attached hydrogens (tertiary/aromatic N) is 3. The fourth-order valence-corrected chi connectivity index (χ4v) is 4.07. The van der Waals surface area contributed by atoms with Crippen LogP contribution in [0.25, 0.3) is 0 Å².